The summed E-state index contributed by atoms with van der Waals surface area (Å²) >= 11 is 0. The molecule has 1 saturated carbocycles. The van der Waals surface area contributed by atoms with E-state index in [1.54, 1.807) is 0 Å². The van der Waals surface area contributed by atoms with Crippen molar-refractivity contribution < 1.29 is 22.0 Å². The average molecular weight is 293 g/mol. The van der Waals surface area contributed by atoms with Crippen LogP contribution in [0.25, 0.3) is 0 Å². The summed E-state index contributed by atoms with van der Waals surface area (Å²) in [5.41, 5.74) is 4.78. The maximum Gasteiger partial charge on any atom is 0.200 e. The van der Waals surface area contributed by atoms with Crippen molar-refractivity contribution in [3.05, 3.63) is 34.6 Å². The van der Waals surface area contributed by atoms with Crippen molar-refractivity contribution in [1.29, 1.82) is 0 Å². The third kappa shape index (κ3) is 2.80. The van der Waals surface area contributed by atoms with Crippen molar-refractivity contribution in [2.45, 2.75) is 44.6 Å². The Morgan fingerprint density at radius 3 is 1.75 bits per heavy atom. The van der Waals surface area contributed by atoms with Crippen LogP contribution in [0.15, 0.2) is 0 Å². The normalized spacial score (nSPS) is 18.3. The monoisotopic (exact) mass is 293 g/mol. The summed E-state index contributed by atoms with van der Waals surface area (Å²) in [6.45, 7) is 0. The fourth-order valence-corrected chi connectivity index (χ4v) is 2.85. The number of benzene rings is 1. The first-order chi connectivity index (χ1) is 9.43. The molecule has 0 amide bonds. The minimum Gasteiger partial charge on any atom is -0.324 e. The smallest absolute Gasteiger partial charge is 0.200 e. The zero-order valence-electron chi connectivity index (χ0n) is 10.9. The lowest BCUT2D eigenvalue weighted by Gasteiger charge is -2.25. The van der Waals surface area contributed by atoms with Crippen LogP contribution in [0.4, 0.5) is 22.0 Å². The van der Waals surface area contributed by atoms with Gasteiger partial charge in [0.25, 0.3) is 0 Å². The topological polar surface area (TPSA) is 26.0 Å². The van der Waals surface area contributed by atoms with Gasteiger partial charge in [-0.15, -0.1) is 0 Å². The van der Waals surface area contributed by atoms with Crippen LogP contribution in [0.5, 0.6) is 0 Å². The Balaban J connectivity index is 2.27. The van der Waals surface area contributed by atoms with Gasteiger partial charge in [0.1, 0.15) is 0 Å². The molecule has 0 heterocycles. The molecule has 0 saturated heterocycles. The van der Waals surface area contributed by atoms with Crippen molar-refractivity contribution >= 4 is 0 Å². The van der Waals surface area contributed by atoms with E-state index in [0.717, 1.165) is 32.1 Å². The van der Waals surface area contributed by atoms with Gasteiger partial charge in [-0.25, -0.2) is 22.0 Å². The van der Waals surface area contributed by atoms with Crippen molar-refractivity contribution in [2.24, 2.45) is 11.7 Å². The van der Waals surface area contributed by atoms with Crippen LogP contribution in [0, 0.1) is 35.0 Å². The van der Waals surface area contributed by atoms with Crippen molar-refractivity contribution in [2.75, 3.05) is 0 Å². The third-order valence-corrected chi connectivity index (χ3v) is 3.93. The highest BCUT2D eigenvalue weighted by Crippen LogP contribution is 2.34. The molecule has 0 aliphatic heterocycles. The van der Waals surface area contributed by atoms with Crippen LogP contribution in [0.1, 0.15) is 50.1 Å². The Morgan fingerprint density at radius 2 is 1.25 bits per heavy atom. The van der Waals surface area contributed by atoms with E-state index in [-0.39, 0.29) is 12.3 Å². The quantitative estimate of drug-likeness (QED) is 0.500. The molecular weight excluding hydrogens is 277 g/mol. The molecule has 0 spiro atoms. The third-order valence-electron chi connectivity index (χ3n) is 3.93. The van der Waals surface area contributed by atoms with Gasteiger partial charge in [0.05, 0.1) is 0 Å². The molecule has 1 aliphatic rings. The standard InChI is InChI=1S/C14H16F5N/c15-10-9(11(16)13(18)14(19)12(10)17)8(20)6-7-4-2-1-3-5-7/h7-8H,1-6,20H2. The average Bonchev–Trinajstić information content (AvgIpc) is 2.44. The maximum atomic E-state index is 13.6. The molecule has 2 rings (SSSR count). The molecule has 1 fully saturated rings. The summed E-state index contributed by atoms with van der Waals surface area (Å²) in [5, 5.41) is 0. The lowest BCUT2D eigenvalue weighted by molar-refractivity contribution is 0.306. The van der Waals surface area contributed by atoms with Gasteiger partial charge in [-0.05, 0) is 12.3 Å². The summed E-state index contributed by atoms with van der Waals surface area (Å²) in [4.78, 5) is 0. The van der Waals surface area contributed by atoms with Gasteiger partial charge in [0.15, 0.2) is 23.3 Å². The van der Waals surface area contributed by atoms with E-state index in [0.29, 0.717) is 0 Å². The second kappa shape index (κ2) is 6.08. The lowest BCUT2D eigenvalue weighted by atomic mass is 9.83. The van der Waals surface area contributed by atoms with Gasteiger partial charge in [-0.3, -0.25) is 0 Å². The van der Waals surface area contributed by atoms with Crippen LogP contribution in [0.3, 0.4) is 0 Å². The number of hydrogen-bond donors (Lipinski definition) is 1. The molecule has 0 radical (unpaired) electrons. The molecule has 0 aromatic heterocycles. The second-order valence-electron chi connectivity index (χ2n) is 5.33. The minimum atomic E-state index is -2.14. The zero-order chi connectivity index (χ0) is 14.9. The van der Waals surface area contributed by atoms with E-state index in [1.165, 1.54) is 0 Å². The molecule has 1 aromatic rings. The Kier molecular flexibility index (Phi) is 4.62. The molecule has 0 bridgehead atoms. The first kappa shape index (κ1) is 15.2. The fourth-order valence-electron chi connectivity index (χ4n) is 2.85. The predicted molar refractivity (Wildman–Crippen MR) is 64.4 cm³/mol. The van der Waals surface area contributed by atoms with Gasteiger partial charge < -0.3 is 5.73 Å². The van der Waals surface area contributed by atoms with Gasteiger partial charge in [0.2, 0.25) is 5.82 Å². The summed E-state index contributed by atoms with van der Waals surface area (Å²) in [6.07, 6.45) is 5.11. The van der Waals surface area contributed by atoms with E-state index >= 15 is 0 Å². The lowest BCUT2D eigenvalue weighted by Crippen LogP contribution is -2.21. The Hall–Kier alpha value is -1.17. The van der Waals surface area contributed by atoms with Gasteiger partial charge in [0, 0.05) is 11.6 Å². The second-order valence-corrected chi connectivity index (χ2v) is 5.33. The SMILES string of the molecule is NC(CC1CCCCC1)c1c(F)c(F)c(F)c(F)c1F. The highest BCUT2D eigenvalue weighted by atomic mass is 19.2. The number of halogens is 5. The number of hydrogen-bond acceptors (Lipinski definition) is 1. The summed E-state index contributed by atoms with van der Waals surface area (Å²) in [6, 6.07) is -1.18. The van der Waals surface area contributed by atoms with Crippen LogP contribution < -0.4 is 5.73 Å². The number of rotatable bonds is 3. The van der Waals surface area contributed by atoms with Crippen molar-refractivity contribution in [1.82, 2.24) is 0 Å². The van der Waals surface area contributed by atoms with Gasteiger partial charge in [-0.2, -0.15) is 0 Å². The Morgan fingerprint density at radius 1 is 0.800 bits per heavy atom. The molecule has 2 N–H and O–H groups in total. The maximum absolute atomic E-state index is 13.6. The summed E-state index contributed by atoms with van der Waals surface area (Å²) in [7, 11) is 0. The molecule has 20 heavy (non-hydrogen) atoms. The molecule has 1 aliphatic carbocycles. The van der Waals surface area contributed by atoms with E-state index in [4.69, 9.17) is 5.73 Å². The van der Waals surface area contributed by atoms with Crippen molar-refractivity contribution in [3.63, 3.8) is 0 Å². The zero-order valence-corrected chi connectivity index (χ0v) is 10.9. The predicted octanol–water partition coefficient (Wildman–Crippen LogP) is 4.35. The van der Waals surface area contributed by atoms with E-state index < -0.39 is 40.7 Å². The summed E-state index contributed by atoms with van der Waals surface area (Å²) < 4.78 is 66.4. The highest BCUT2D eigenvalue weighted by molar-refractivity contribution is 5.26. The first-order valence-electron chi connectivity index (χ1n) is 6.70. The Bertz CT molecular complexity index is 468. The van der Waals surface area contributed by atoms with Crippen LogP contribution in [0.2, 0.25) is 0 Å². The van der Waals surface area contributed by atoms with Gasteiger partial charge in [-0.1, -0.05) is 32.1 Å². The van der Waals surface area contributed by atoms with Crippen molar-refractivity contribution in [3.8, 4) is 0 Å². The van der Waals surface area contributed by atoms with E-state index in [1.807, 2.05) is 0 Å². The van der Waals surface area contributed by atoms with Crippen LogP contribution in [-0.2, 0) is 0 Å². The largest absolute Gasteiger partial charge is 0.324 e. The molecule has 1 nitrogen and oxygen atoms in total. The minimum absolute atomic E-state index is 0.175. The molecule has 6 heteroatoms. The van der Waals surface area contributed by atoms with Crippen LogP contribution >= 0.6 is 0 Å². The fraction of sp³-hybridized carbons (Fsp3) is 0.571. The van der Waals surface area contributed by atoms with E-state index in [2.05, 4.69) is 0 Å². The number of nitrogens with two attached hydrogens (primary N) is 1. The molecular formula is C14H16F5N. The molecule has 1 aromatic carbocycles. The summed E-state index contributed by atoms with van der Waals surface area (Å²) in [5.74, 6) is -9.47. The van der Waals surface area contributed by atoms with Crippen LogP contribution in [-0.4, -0.2) is 0 Å². The first-order valence-corrected chi connectivity index (χ1v) is 6.70. The highest BCUT2D eigenvalue weighted by Gasteiger charge is 2.30. The Labute approximate surface area is 114 Å². The van der Waals surface area contributed by atoms with Gasteiger partial charge >= 0.3 is 0 Å². The molecule has 1 unspecified atom stereocenters. The molecule has 1 atom stereocenters. The van der Waals surface area contributed by atoms with E-state index in [9.17, 15) is 22.0 Å². The molecule has 112 valence electrons.